The van der Waals surface area contributed by atoms with Crippen LogP contribution in [0.15, 0.2) is 34.9 Å². The van der Waals surface area contributed by atoms with Crippen LogP contribution in [0, 0.1) is 5.82 Å². The van der Waals surface area contributed by atoms with Crippen molar-refractivity contribution >= 4 is 33.4 Å². The number of nitrogens with one attached hydrogen (secondary N) is 1. The highest BCUT2D eigenvalue weighted by Gasteiger charge is 2.12. The zero-order chi connectivity index (χ0) is 13.8. The van der Waals surface area contributed by atoms with Gasteiger partial charge in [0.15, 0.2) is 5.82 Å². The second-order valence-electron chi connectivity index (χ2n) is 3.93. The first-order valence-corrected chi connectivity index (χ1v) is 6.67. The molecule has 1 N–H and O–H groups in total. The van der Waals surface area contributed by atoms with Gasteiger partial charge in [-0.2, -0.15) is 4.98 Å². The maximum Gasteiger partial charge on any atom is 0.224 e. The first-order valence-electron chi connectivity index (χ1n) is 5.87. The van der Waals surface area contributed by atoms with Crippen molar-refractivity contribution in [3.8, 4) is 0 Å². The van der Waals surface area contributed by atoms with Crippen LogP contribution in [0.4, 0.5) is 21.8 Å². The highest BCUT2D eigenvalue weighted by Crippen LogP contribution is 2.29. The minimum atomic E-state index is -0.276. The summed E-state index contributed by atoms with van der Waals surface area (Å²) in [6.07, 6.45) is 1.68. The van der Waals surface area contributed by atoms with E-state index in [4.69, 9.17) is 0 Å². The Morgan fingerprint density at radius 1 is 1.42 bits per heavy atom. The van der Waals surface area contributed by atoms with Crippen molar-refractivity contribution in [2.75, 3.05) is 23.8 Å². The molecule has 19 heavy (non-hydrogen) atoms. The molecule has 0 saturated carbocycles. The van der Waals surface area contributed by atoms with Crippen molar-refractivity contribution in [3.63, 3.8) is 0 Å². The molecule has 0 aliphatic rings. The maximum atomic E-state index is 13.3. The molecule has 1 heterocycles. The van der Waals surface area contributed by atoms with E-state index in [1.807, 2.05) is 20.0 Å². The minimum Gasteiger partial charge on any atom is -0.354 e. The van der Waals surface area contributed by atoms with Crippen LogP contribution in [-0.4, -0.2) is 23.6 Å². The first-order chi connectivity index (χ1) is 9.11. The normalized spacial score (nSPS) is 10.3. The molecular weight excluding hydrogens is 311 g/mol. The van der Waals surface area contributed by atoms with Crippen LogP contribution >= 0.6 is 15.9 Å². The van der Waals surface area contributed by atoms with Crippen LogP contribution in [0.5, 0.6) is 0 Å². The smallest absolute Gasteiger partial charge is 0.224 e. The number of halogens is 2. The van der Waals surface area contributed by atoms with Gasteiger partial charge in [0.25, 0.3) is 0 Å². The number of anilines is 3. The van der Waals surface area contributed by atoms with Crippen molar-refractivity contribution in [1.29, 1.82) is 0 Å². The zero-order valence-electron chi connectivity index (χ0n) is 10.7. The van der Waals surface area contributed by atoms with Crippen molar-refractivity contribution in [3.05, 3.63) is 40.8 Å². The van der Waals surface area contributed by atoms with Gasteiger partial charge in [-0.3, -0.25) is 0 Å². The Morgan fingerprint density at radius 2 is 2.21 bits per heavy atom. The molecule has 100 valence electrons. The van der Waals surface area contributed by atoms with E-state index in [1.54, 1.807) is 17.2 Å². The Morgan fingerprint density at radius 3 is 2.89 bits per heavy atom. The largest absolute Gasteiger partial charge is 0.354 e. The highest BCUT2D eigenvalue weighted by atomic mass is 79.9. The third-order valence-corrected chi connectivity index (χ3v) is 3.13. The molecule has 1 aromatic heterocycles. The molecule has 0 saturated heterocycles. The van der Waals surface area contributed by atoms with E-state index in [2.05, 4.69) is 31.2 Å². The molecular formula is C13H14BrFN4. The lowest BCUT2D eigenvalue weighted by Gasteiger charge is -2.20. The van der Waals surface area contributed by atoms with Crippen LogP contribution in [0.1, 0.15) is 6.92 Å². The van der Waals surface area contributed by atoms with E-state index < -0.39 is 0 Å². The lowest BCUT2D eigenvalue weighted by Crippen LogP contribution is -2.14. The second-order valence-corrected chi connectivity index (χ2v) is 4.79. The monoisotopic (exact) mass is 324 g/mol. The number of benzene rings is 1. The molecule has 0 radical (unpaired) electrons. The molecule has 4 nitrogen and oxygen atoms in total. The third kappa shape index (κ3) is 3.20. The summed E-state index contributed by atoms with van der Waals surface area (Å²) < 4.78 is 14.0. The molecule has 1 aromatic carbocycles. The van der Waals surface area contributed by atoms with Gasteiger partial charge in [-0.1, -0.05) is 6.07 Å². The Kier molecular flexibility index (Phi) is 4.31. The van der Waals surface area contributed by atoms with Gasteiger partial charge < -0.3 is 10.2 Å². The van der Waals surface area contributed by atoms with Gasteiger partial charge in [0.05, 0.1) is 4.47 Å². The molecule has 2 rings (SSSR count). The Balaban J connectivity index is 2.37. The number of hydrogen-bond donors (Lipinski definition) is 1. The molecule has 2 aromatic rings. The Bertz CT molecular complexity index is 576. The fraction of sp³-hybridized carbons (Fsp3) is 0.231. The molecule has 0 spiro atoms. The van der Waals surface area contributed by atoms with Crippen molar-refractivity contribution in [1.82, 2.24) is 9.97 Å². The molecule has 0 unspecified atom stereocenters. The molecule has 0 fully saturated rings. The standard InChI is InChI=1S/C13H14BrFN4/c1-3-16-13-17-8-11(14)12(18-13)19(2)10-6-4-5-9(15)7-10/h4-8H,3H2,1-2H3,(H,16,17,18). The van der Waals surface area contributed by atoms with Crippen molar-refractivity contribution in [2.45, 2.75) is 6.92 Å². The van der Waals surface area contributed by atoms with Gasteiger partial charge >= 0.3 is 0 Å². The number of nitrogens with zero attached hydrogens (tertiary/aromatic N) is 3. The lowest BCUT2D eigenvalue weighted by molar-refractivity contribution is 0.628. The minimum absolute atomic E-state index is 0.276. The molecule has 0 aliphatic carbocycles. The van der Waals surface area contributed by atoms with Gasteiger partial charge in [0.2, 0.25) is 5.95 Å². The number of rotatable bonds is 4. The Labute approximate surface area is 119 Å². The molecule has 0 amide bonds. The lowest BCUT2D eigenvalue weighted by atomic mass is 10.3. The molecule has 6 heteroatoms. The highest BCUT2D eigenvalue weighted by molar-refractivity contribution is 9.10. The average molecular weight is 325 g/mol. The summed E-state index contributed by atoms with van der Waals surface area (Å²) in [5, 5.41) is 3.05. The maximum absolute atomic E-state index is 13.3. The Hall–Kier alpha value is -1.69. The summed E-state index contributed by atoms with van der Waals surface area (Å²) in [6.45, 7) is 2.71. The van der Waals surface area contributed by atoms with Crippen LogP contribution in [0.2, 0.25) is 0 Å². The predicted octanol–water partition coefficient (Wildman–Crippen LogP) is 3.58. The number of hydrogen-bond acceptors (Lipinski definition) is 4. The van der Waals surface area contributed by atoms with E-state index in [9.17, 15) is 4.39 Å². The van der Waals surface area contributed by atoms with E-state index in [0.29, 0.717) is 11.8 Å². The SMILES string of the molecule is CCNc1ncc(Br)c(N(C)c2cccc(F)c2)n1. The van der Waals surface area contributed by atoms with E-state index in [-0.39, 0.29) is 5.82 Å². The van der Waals surface area contributed by atoms with Gasteiger partial charge in [0.1, 0.15) is 5.82 Å². The van der Waals surface area contributed by atoms with Crippen molar-refractivity contribution in [2.24, 2.45) is 0 Å². The predicted molar refractivity (Wildman–Crippen MR) is 78.4 cm³/mol. The molecule has 0 aliphatic heterocycles. The summed E-state index contributed by atoms with van der Waals surface area (Å²) in [7, 11) is 1.83. The van der Waals surface area contributed by atoms with E-state index >= 15 is 0 Å². The van der Waals surface area contributed by atoms with Crippen LogP contribution in [-0.2, 0) is 0 Å². The first kappa shape index (κ1) is 13.7. The zero-order valence-corrected chi connectivity index (χ0v) is 12.3. The topological polar surface area (TPSA) is 41.1 Å². The summed E-state index contributed by atoms with van der Waals surface area (Å²) >= 11 is 3.41. The fourth-order valence-electron chi connectivity index (χ4n) is 1.64. The summed E-state index contributed by atoms with van der Waals surface area (Å²) in [6, 6.07) is 6.36. The summed E-state index contributed by atoms with van der Waals surface area (Å²) in [4.78, 5) is 10.4. The van der Waals surface area contributed by atoms with Crippen LogP contribution in [0.25, 0.3) is 0 Å². The quantitative estimate of drug-likeness (QED) is 0.933. The third-order valence-electron chi connectivity index (χ3n) is 2.57. The molecule has 0 atom stereocenters. The van der Waals surface area contributed by atoms with Crippen LogP contribution in [0.3, 0.4) is 0 Å². The summed E-state index contributed by atoms with van der Waals surface area (Å²) in [5.41, 5.74) is 0.724. The van der Waals surface area contributed by atoms with Gasteiger partial charge in [-0.25, -0.2) is 9.37 Å². The van der Waals surface area contributed by atoms with Gasteiger partial charge in [-0.15, -0.1) is 0 Å². The second kappa shape index (κ2) is 5.97. The average Bonchev–Trinajstić information content (AvgIpc) is 2.40. The fourth-order valence-corrected chi connectivity index (χ4v) is 2.10. The van der Waals surface area contributed by atoms with Gasteiger partial charge in [-0.05, 0) is 41.1 Å². The van der Waals surface area contributed by atoms with E-state index in [1.165, 1.54) is 12.1 Å². The summed E-state index contributed by atoms with van der Waals surface area (Å²) in [5.74, 6) is 0.946. The molecule has 0 bridgehead atoms. The van der Waals surface area contributed by atoms with E-state index in [0.717, 1.165) is 16.7 Å². The van der Waals surface area contributed by atoms with Crippen LogP contribution < -0.4 is 10.2 Å². The van der Waals surface area contributed by atoms with Crippen molar-refractivity contribution < 1.29 is 4.39 Å². The number of aromatic nitrogens is 2. The van der Waals surface area contributed by atoms with Gasteiger partial charge in [0, 0.05) is 25.5 Å².